The van der Waals surface area contributed by atoms with Crippen LogP contribution in [0.4, 0.5) is 5.69 Å². The van der Waals surface area contributed by atoms with Gasteiger partial charge in [0.2, 0.25) is 5.91 Å². The van der Waals surface area contributed by atoms with E-state index in [1.54, 1.807) is 0 Å². The van der Waals surface area contributed by atoms with Crippen LogP contribution in [0.3, 0.4) is 0 Å². The van der Waals surface area contributed by atoms with E-state index in [1.165, 1.54) is 17.5 Å². The predicted molar refractivity (Wildman–Crippen MR) is 74.5 cm³/mol. The fourth-order valence-corrected chi connectivity index (χ4v) is 2.50. The molecule has 18 heavy (non-hydrogen) atoms. The molecule has 3 N–H and O–H groups in total. The molecule has 0 saturated carbocycles. The Balaban J connectivity index is 1.99. The highest BCUT2D eigenvalue weighted by atomic mass is 16.2. The predicted octanol–water partition coefficient (Wildman–Crippen LogP) is 2.49. The van der Waals surface area contributed by atoms with E-state index < -0.39 is 6.04 Å². The molecule has 0 heterocycles. The highest BCUT2D eigenvalue weighted by Crippen LogP contribution is 2.24. The lowest BCUT2D eigenvalue weighted by atomic mass is 10.0. The van der Waals surface area contributed by atoms with Gasteiger partial charge in [-0.2, -0.15) is 0 Å². The number of aryl methyl sites for hydroxylation is 2. The molecule has 1 aromatic carbocycles. The smallest absolute Gasteiger partial charge is 0.241 e. The van der Waals surface area contributed by atoms with E-state index in [0.29, 0.717) is 5.92 Å². The zero-order valence-corrected chi connectivity index (χ0v) is 11.2. The van der Waals surface area contributed by atoms with E-state index in [9.17, 15) is 4.79 Å². The molecule has 1 aliphatic rings. The Kier molecular flexibility index (Phi) is 4.02. The number of fused-ring (bicyclic) bond motifs is 1. The number of hydrogen-bond acceptors (Lipinski definition) is 2. The number of benzene rings is 1. The molecule has 0 saturated heterocycles. The number of carbonyl (C=O) groups excluding carboxylic acids is 1. The third kappa shape index (κ3) is 3.10. The average molecular weight is 246 g/mol. The second kappa shape index (κ2) is 5.53. The van der Waals surface area contributed by atoms with Crippen molar-refractivity contribution in [2.45, 2.75) is 45.6 Å². The Bertz CT molecular complexity index is 440. The molecule has 0 fully saturated rings. The highest BCUT2D eigenvalue weighted by Gasteiger charge is 2.16. The second-order valence-corrected chi connectivity index (χ2v) is 5.56. The average Bonchev–Trinajstić information content (AvgIpc) is 2.75. The van der Waals surface area contributed by atoms with E-state index in [-0.39, 0.29) is 5.91 Å². The van der Waals surface area contributed by atoms with Crippen LogP contribution in [-0.2, 0) is 17.6 Å². The molecule has 1 amide bonds. The molecule has 0 spiro atoms. The van der Waals surface area contributed by atoms with Crippen LogP contribution in [0, 0.1) is 5.92 Å². The van der Waals surface area contributed by atoms with Gasteiger partial charge in [0.25, 0.3) is 0 Å². The summed E-state index contributed by atoms with van der Waals surface area (Å²) in [4.78, 5) is 11.9. The van der Waals surface area contributed by atoms with Crippen LogP contribution >= 0.6 is 0 Å². The fourth-order valence-electron chi connectivity index (χ4n) is 2.50. The lowest BCUT2D eigenvalue weighted by Crippen LogP contribution is -2.36. The summed E-state index contributed by atoms with van der Waals surface area (Å²) in [5.74, 6) is 0.354. The topological polar surface area (TPSA) is 55.1 Å². The Hall–Kier alpha value is -1.35. The number of amides is 1. The normalized spacial score (nSPS) is 15.6. The van der Waals surface area contributed by atoms with Gasteiger partial charge >= 0.3 is 0 Å². The molecular weight excluding hydrogens is 224 g/mol. The van der Waals surface area contributed by atoms with Crippen molar-refractivity contribution >= 4 is 11.6 Å². The van der Waals surface area contributed by atoms with Crippen molar-refractivity contribution in [3.63, 3.8) is 0 Å². The summed E-state index contributed by atoms with van der Waals surface area (Å²) in [6.07, 6.45) is 4.23. The molecule has 2 rings (SSSR count). The summed E-state index contributed by atoms with van der Waals surface area (Å²) < 4.78 is 0. The van der Waals surface area contributed by atoms with Gasteiger partial charge in [-0.3, -0.25) is 4.79 Å². The summed E-state index contributed by atoms with van der Waals surface area (Å²) in [5, 5.41) is 2.91. The monoisotopic (exact) mass is 246 g/mol. The van der Waals surface area contributed by atoms with E-state index in [2.05, 4.69) is 31.3 Å². The quantitative estimate of drug-likeness (QED) is 0.857. The van der Waals surface area contributed by atoms with Gasteiger partial charge in [0, 0.05) is 5.69 Å². The molecule has 0 radical (unpaired) electrons. The molecule has 3 heteroatoms. The number of rotatable bonds is 4. The van der Waals surface area contributed by atoms with Crippen molar-refractivity contribution in [1.29, 1.82) is 0 Å². The van der Waals surface area contributed by atoms with Gasteiger partial charge in [-0.1, -0.05) is 19.9 Å². The maximum absolute atomic E-state index is 11.9. The first kappa shape index (κ1) is 13.1. The third-order valence-corrected chi connectivity index (χ3v) is 3.43. The number of nitrogens with two attached hydrogens (primary N) is 1. The summed E-state index contributed by atoms with van der Waals surface area (Å²) in [7, 11) is 0. The van der Waals surface area contributed by atoms with Crippen LogP contribution in [0.2, 0.25) is 0 Å². The Labute approximate surface area is 109 Å². The third-order valence-electron chi connectivity index (χ3n) is 3.43. The lowest BCUT2D eigenvalue weighted by molar-refractivity contribution is -0.117. The first-order valence-electron chi connectivity index (χ1n) is 6.74. The number of nitrogens with one attached hydrogen (secondary N) is 1. The Morgan fingerprint density at radius 1 is 1.33 bits per heavy atom. The number of carbonyl (C=O) groups is 1. The van der Waals surface area contributed by atoms with Crippen LogP contribution in [0.15, 0.2) is 18.2 Å². The summed E-state index contributed by atoms with van der Waals surface area (Å²) >= 11 is 0. The van der Waals surface area contributed by atoms with Gasteiger partial charge < -0.3 is 11.1 Å². The summed E-state index contributed by atoms with van der Waals surface area (Å²) in [6.45, 7) is 4.14. The van der Waals surface area contributed by atoms with Gasteiger partial charge in [-0.05, 0) is 54.9 Å². The second-order valence-electron chi connectivity index (χ2n) is 5.56. The van der Waals surface area contributed by atoms with Crippen LogP contribution in [-0.4, -0.2) is 11.9 Å². The summed E-state index contributed by atoms with van der Waals surface area (Å²) in [6, 6.07) is 5.76. The van der Waals surface area contributed by atoms with Crippen LogP contribution < -0.4 is 11.1 Å². The molecule has 1 aromatic rings. The van der Waals surface area contributed by atoms with Crippen molar-refractivity contribution in [2.75, 3.05) is 5.32 Å². The maximum Gasteiger partial charge on any atom is 0.241 e. The SMILES string of the molecule is CC(C)CC(N)C(=O)Nc1ccc2c(c1)CCC2. The minimum Gasteiger partial charge on any atom is -0.325 e. The minimum absolute atomic E-state index is 0.0818. The Morgan fingerprint density at radius 3 is 2.78 bits per heavy atom. The van der Waals surface area contributed by atoms with E-state index in [0.717, 1.165) is 24.9 Å². The molecule has 0 aliphatic heterocycles. The van der Waals surface area contributed by atoms with Crippen molar-refractivity contribution in [1.82, 2.24) is 0 Å². The van der Waals surface area contributed by atoms with E-state index in [4.69, 9.17) is 5.73 Å². The zero-order chi connectivity index (χ0) is 13.1. The zero-order valence-electron chi connectivity index (χ0n) is 11.2. The van der Waals surface area contributed by atoms with Crippen LogP contribution in [0.5, 0.6) is 0 Å². The number of hydrogen-bond donors (Lipinski definition) is 2. The largest absolute Gasteiger partial charge is 0.325 e. The van der Waals surface area contributed by atoms with Gasteiger partial charge in [0.15, 0.2) is 0 Å². The van der Waals surface area contributed by atoms with Gasteiger partial charge in [-0.25, -0.2) is 0 Å². The standard InChI is InChI=1S/C15H22N2O/c1-10(2)8-14(16)15(18)17-13-7-6-11-4-3-5-12(11)9-13/h6-7,9-10,14H,3-5,8,16H2,1-2H3,(H,17,18). The van der Waals surface area contributed by atoms with E-state index >= 15 is 0 Å². The highest BCUT2D eigenvalue weighted by molar-refractivity contribution is 5.94. The first-order chi connectivity index (χ1) is 8.56. The number of anilines is 1. The molecule has 1 aliphatic carbocycles. The lowest BCUT2D eigenvalue weighted by Gasteiger charge is -2.14. The van der Waals surface area contributed by atoms with Gasteiger partial charge in [0.05, 0.1) is 6.04 Å². The molecule has 0 aromatic heterocycles. The van der Waals surface area contributed by atoms with Crippen molar-refractivity contribution in [3.05, 3.63) is 29.3 Å². The van der Waals surface area contributed by atoms with Crippen molar-refractivity contribution in [3.8, 4) is 0 Å². The molecule has 3 nitrogen and oxygen atoms in total. The van der Waals surface area contributed by atoms with Crippen LogP contribution in [0.1, 0.15) is 37.8 Å². The molecule has 1 unspecified atom stereocenters. The van der Waals surface area contributed by atoms with Gasteiger partial charge in [0.1, 0.15) is 0 Å². The minimum atomic E-state index is -0.418. The molecule has 0 bridgehead atoms. The summed E-state index contributed by atoms with van der Waals surface area (Å²) in [5.41, 5.74) is 9.52. The van der Waals surface area contributed by atoms with Gasteiger partial charge in [-0.15, -0.1) is 0 Å². The fraction of sp³-hybridized carbons (Fsp3) is 0.533. The Morgan fingerprint density at radius 2 is 2.06 bits per heavy atom. The van der Waals surface area contributed by atoms with E-state index in [1.807, 2.05) is 6.07 Å². The maximum atomic E-state index is 11.9. The molecular formula is C15H22N2O. The van der Waals surface area contributed by atoms with Crippen molar-refractivity contribution in [2.24, 2.45) is 11.7 Å². The van der Waals surface area contributed by atoms with Crippen molar-refractivity contribution < 1.29 is 4.79 Å². The van der Waals surface area contributed by atoms with Crippen LogP contribution in [0.25, 0.3) is 0 Å². The molecule has 98 valence electrons. The molecule has 1 atom stereocenters. The first-order valence-corrected chi connectivity index (χ1v) is 6.74.